The van der Waals surface area contributed by atoms with Crippen molar-refractivity contribution < 1.29 is 4.74 Å². The van der Waals surface area contributed by atoms with Crippen molar-refractivity contribution >= 4 is 0 Å². The van der Waals surface area contributed by atoms with E-state index in [0.29, 0.717) is 5.69 Å². The highest BCUT2D eigenvalue weighted by atomic mass is 16.5. The number of hydrogen-bond donors (Lipinski definition) is 0. The maximum Gasteiger partial charge on any atom is 0.177 e. The summed E-state index contributed by atoms with van der Waals surface area (Å²) in [6.45, 7) is 12.9. The summed E-state index contributed by atoms with van der Waals surface area (Å²) in [5.41, 5.74) is 3.20. The van der Waals surface area contributed by atoms with Crippen LogP contribution in [0.3, 0.4) is 0 Å². The molecule has 0 bridgehead atoms. The van der Waals surface area contributed by atoms with Crippen molar-refractivity contribution in [1.82, 2.24) is 9.97 Å². The van der Waals surface area contributed by atoms with Crippen LogP contribution < -0.4 is 4.74 Å². The second-order valence-corrected chi connectivity index (χ2v) is 9.45. The van der Waals surface area contributed by atoms with Gasteiger partial charge in [-0.15, -0.1) is 0 Å². The van der Waals surface area contributed by atoms with Gasteiger partial charge in [0, 0.05) is 11.1 Å². The molecule has 5 nitrogen and oxygen atoms in total. The van der Waals surface area contributed by atoms with E-state index in [-0.39, 0.29) is 22.2 Å². The molecule has 0 unspecified atom stereocenters. The van der Waals surface area contributed by atoms with Crippen LogP contribution in [0.4, 0.5) is 0 Å². The molecule has 0 atom stereocenters. The molecule has 0 saturated carbocycles. The lowest BCUT2D eigenvalue weighted by atomic mass is 9.72. The summed E-state index contributed by atoms with van der Waals surface area (Å²) in [6, 6.07) is 17.5. The number of ether oxygens (including phenoxy) is 1. The van der Waals surface area contributed by atoms with Gasteiger partial charge in [-0.1, -0.05) is 59.7 Å². The Morgan fingerprint density at radius 3 is 1.94 bits per heavy atom. The van der Waals surface area contributed by atoms with E-state index < -0.39 is 0 Å². The monoisotopic (exact) mass is 410 g/mol. The highest BCUT2D eigenvalue weighted by molar-refractivity contribution is 5.71. The fraction of sp³-hybridized carbons (Fsp3) is 0.308. The molecule has 31 heavy (non-hydrogen) atoms. The third-order valence-corrected chi connectivity index (χ3v) is 4.90. The Morgan fingerprint density at radius 1 is 0.774 bits per heavy atom. The number of nitriles is 2. The molecular weight excluding hydrogens is 384 g/mol. The van der Waals surface area contributed by atoms with Crippen molar-refractivity contribution in [3.63, 3.8) is 0 Å². The van der Waals surface area contributed by atoms with Crippen molar-refractivity contribution in [2.75, 3.05) is 0 Å². The van der Waals surface area contributed by atoms with E-state index in [0.717, 1.165) is 28.2 Å². The van der Waals surface area contributed by atoms with E-state index in [1.165, 1.54) is 0 Å². The van der Waals surface area contributed by atoms with E-state index in [1.54, 1.807) is 6.20 Å². The van der Waals surface area contributed by atoms with E-state index in [2.05, 4.69) is 51.5 Å². The van der Waals surface area contributed by atoms with Crippen LogP contribution in [-0.4, -0.2) is 9.97 Å². The highest BCUT2D eigenvalue weighted by Crippen LogP contribution is 2.45. The van der Waals surface area contributed by atoms with Gasteiger partial charge < -0.3 is 4.74 Å². The Morgan fingerprint density at radius 2 is 1.39 bits per heavy atom. The summed E-state index contributed by atoms with van der Waals surface area (Å²) in [4.78, 5) is 8.63. The standard InChI is InChI=1S/C26H26N4O/c1-25(2,3)23-18(21-16-29-19(14-27)20(15-28)30-21)12-13-22(24(23)26(4,5)6)31-17-10-8-7-9-11-17/h7-13,16H,1-6H3. The largest absolute Gasteiger partial charge is 0.457 e. The van der Waals surface area contributed by atoms with Crippen LogP contribution in [-0.2, 0) is 10.8 Å². The summed E-state index contributed by atoms with van der Waals surface area (Å²) in [7, 11) is 0. The Hall–Kier alpha value is -3.70. The topological polar surface area (TPSA) is 82.6 Å². The number of benzene rings is 2. The molecule has 2 aromatic carbocycles. The third-order valence-electron chi connectivity index (χ3n) is 4.90. The molecule has 0 amide bonds. The van der Waals surface area contributed by atoms with Crippen LogP contribution in [0, 0.1) is 22.7 Å². The zero-order chi connectivity index (χ0) is 22.8. The van der Waals surface area contributed by atoms with Crippen LogP contribution >= 0.6 is 0 Å². The SMILES string of the molecule is CC(C)(C)c1c(Oc2ccccc2)ccc(-c2cnc(C#N)c(C#N)n2)c1C(C)(C)C. The van der Waals surface area contributed by atoms with Crippen molar-refractivity contribution in [3.05, 3.63) is 71.2 Å². The molecule has 1 aromatic heterocycles. The van der Waals surface area contributed by atoms with Gasteiger partial charge in [0.15, 0.2) is 11.4 Å². The quantitative estimate of drug-likeness (QED) is 0.508. The molecule has 0 aliphatic carbocycles. The normalized spacial score (nSPS) is 11.5. The van der Waals surface area contributed by atoms with Gasteiger partial charge in [-0.25, -0.2) is 9.97 Å². The predicted molar refractivity (Wildman–Crippen MR) is 121 cm³/mol. The average molecular weight is 411 g/mol. The number of hydrogen-bond acceptors (Lipinski definition) is 5. The summed E-state index contributed by atoms with van der Waals surface area (Å²) in [5, 5.41) is 18.6. The Labute approximate surface area is 184 Å². The van der Waals surface area contributed by atoms with Crippen LogP contribution in [0.5, 0.6) is 11.5 Å². The number of para-hydroxylation sites is 1. The summed E-state index contributed by atoms with van der Waals surface area (Å²) < 4.78 is 6.31. The Kier molecular flexibility index (Phi) is 5.82. The molecule has 0 spiro atoms. The van der Waals surface area contributed by atoms with Crippen molar-refractivity contribution in [1.29, 1.82) is 10.5 Å². The average Bonchev–Trinajstić information content (AvgIpc) is 2.72. The molecule has 5 heteroatoms. The van der Waals surface area contributed by atoms with E-state index in [4.69, 9.17) is 4.74 Å². The summed E-state index contributed by atoms with van der Waals surface area (Å²) in [6.07, 6.45) is 1.56. The van der Waals surface area contributed by atoms with Gasteiger partial charge in [0.05, 0.1) is 11.9 Å². The second kappa shape index (κ2) is 8.20. The van der Waals surface area contributed by atoms with Gasteiger partial charge >= 0.3 is 0 Å². The molecule has 3 aromatic rings. The first-order valence-corrected chi connectivity index (χ1v) is 10.1. The molecule has 1 heterocycles. The van der Waals surface area contributed by atoms with Crippen molar-refractivity contribution in [2.24, 2.45) is 0 Å². The number of rotatable bonds is 3. The zero-order valence-electron chi connectivity index (χ0n) is 18.8. The van der Waals surface area contributed by atoms with Crippen LogP contribution in [0.15, 0.2) is 48.7 Å². The molecule has 3 rings (SSSR count). The summed E-state index contributed by atoms with van der Waals surface area (Å²) >= 11 is 0. The Balaban J connectivity index is 2.32. The summed E-state index contributed by atoms with van der Waals surface area (Å²) in [5.74, 6) is 1.56. The van der Waals surface area contributed by atoms with Crippen LogP contribution in [0.2, 0.25) is 0 Å². The second-order valence-electron chi connectivity index (χ2n) is 9.45. The van der Waals surface area contributed by atoms with Gasteiger partial charge in [0.1, 0.15) is 23.6 Å². The number of nitrogens with zero attached hydrogens (tertiary/aromatic N) is 4. The third kappa shape index (κ3) is 4.57. The van der Waals surface area contributed by atoms with E-state index in [9.17, 15) is 10.5 Å². The first-order valence-electron chi connectivity index (χ1n) is 10.1. The van der Waals surface area contributed by atoms with Gasteiger partial charge in [0.25, 0.3) is 0 Å². The fourth-order valence-corrected chi connectivity index (χ4v) is 3.70. The minimum Gasteiger partial charge on any atom is -0.457 e. The molecule has 0 saturated heterocycles. The minimum atomic E-state index is -0.240. The fourth-order valence-electron chi connectivity index (χ4n) is 3.70. The minimum absolute atomic E-state index is 0.0294. The van der Waals surface area contributed by atoms with E-state index in [1.807, 2.05) is 54.6 Å². The van der Waals surface area contributed by atoms with Crippen molar-refractivity contribution in [3.8, 4) is 34.9 Å². The molecule has 0 N–H and O–H groups in total. The van der Waals surface area contributed by atoms with E-state index >= 15 is 0 Å². The molecule has 0 fully saturated rings. The van der Waals surface area contributed by atoms with Gasteiger partial charge in [0.2, 0.25) is 0 Å². The Bertz CT molecular complexity index is 1190. The molecule has 0 aliphatic heterocycles. The lowest BCUT2D eigenvalue weighted by Gasteiger charge is -2.34. The maximum atomic E-state index is 9.42. The van der Waals surface area contributed by atoms with Gasteiger partial charge in [-0.2, -0.15) is 10.5 Å². The zero-order valence-corrected chi connectivity index (χ0v) is 18.8. The molecule has 0 radical (unpaired) electrons. The molecule has 156 valence electrons. The van der Waals surface area contributed by atoms with Crippen LogP contribution in [0.1, 0.15) is 64.1 Å². The first kappa shape index (κ1) is 22.0. The molecular formula is C26H26N4O. The lowest BCUT2D eigenvalue weighted by molar-refractivity contribution is 0.444. The van der Waals surface area contributed by atoms with Crippen LogP contribution in [0.25, 0.3) is 11.3 Å². The lowest BCUT2D eigenvalue weighted by Crippen LogP contribution is -2.24. The predicted octanol–water partition coefficient (Wildman–Crippen LogP) is 6.27. The van der Waals surface area contributed by atoms with Gasteiger partial charge in [-0.3, -0.25) is 0 Å². The highest BCUT2D eigenvalue weighted by Gasteiger charge is 2.32. The van der Waals surface area contributed by atoms with Crippen molar-refractivity contribution in [2.45, 2.75) is 52.4 Å². The first-order chi connectivity index (χ1) is 14.6. The maximum absolute atomic E-state index is 9.42. The smallest absolute Gasteiger partial charge is 0.177 e. The number of aromatic nitrogens is 2. The van der Waals surface area contributed by atoms with Gasteiger partial charge in [-0.05, 0) is 40.7 Å². The molecule has 0 aliphatic rings.